The molecular formula is C22H30N2O5. The van der Waals surface area contributed by atoms with Gasteiger partial charge in [-0.25, -0.2) is 9.59 Å². The first-order valence-corrected chi connectivity index (χ1v) is 9.64. The fraction of sp³-hybridized carbons (Fsp3) is 0.455. The zero-order valence-electron chi connectivity index (χ0n) is 18.2. The van der Waals surface area contributed by atoms with E-state index < -0.39 is 17.9 Å². The van der Waals surface area contributed by atoms with Crippen molar-refractivity contribution >= 4 is 17.6 Å². The molecule has 2 rings (SSSR count). The molecule has 7 nitrogen and oxygen atoms in total. The van der Waals surface area contributed by atoms with E-state index in [-0.39, 0.29) is 13.2 Å². The molecule has 1 aliphatic rings. The molecular weight excluding hydrogens is 372 g/mol. The molecule has 1 aromatic rings. The molecule has 0 unspecified atom stereocenters. The molecule has 0 fully saturated rings. The van der Waals surface area contributed by atoms with E-state index in [4.69, 9.17) is 14.2 Å². The number of hydrogen-bond acceptors (Lipinski definition) is 7. The van der Waals surface area contributed by atoms with Gasteiger partial charge >= 0.3 is 11.9 Å². The van der Waals surface area contributed by atoms with E-state index in [1.165, 1.54) is 0 Å². The standard InChI is InChI=1S/C22H30N2O5/c1-8-28-21(25)18-13(3)23-14(4)19(22(26)29-9-2)20(18)16-11-10-15(24(5)6)12-17(16)27-7/h10-12,20,23H,8-9H2,1-7H3. The Bertz CT molecular complexity index is 815. The van der Waals surface area contributed by atoms with E-state index in [0.29, 0.717) is 33.9 Å². The summed E-state index contributed by atoms with van der Waals surface area (Å²) >= 11 is 0. The number of benzene rings is 1. The molecule has 0 saturated carbocycles. The van der Waals surface area contributed by atoms with Crippen molar-refractivity contribution in [1.82, 2.24) is 5.32 Å². The van der Waals surface area contributed by atoms with Crippen LogP contribution in [0.4, 0.5) is 5.69 Å². The Labute approximate surface area is 172 Å². The van der Waals surface area contributed by atoms with Crippen LogP contribution in [0.1, 0.15) is 39.2 Å². The van der Waals surface area contributed by atoms with Crippen LogP contribution in [0.5, 0.6) is 5.75 Å². The summed E-state index contributed by atoms with van der Waals surface area (Å²) in [5, 5.41) is 3.13. The van der Waals surface area contributed by atoms with Gasteiger partial charge in [-0.05, 0) is 33.8 Å². The van der Waals surface area contributed by atoms with E-state index in [1.54, 1.807) is 34.8 Å². The predicted molar refractivity (Wildman–Crippen MR) is 112 cm³/mol. The van der Waals surface area contributed by atoms with E-state index in [2.05, 4.69) is 5.32 Å². The number of ether oxygens (including phenoxy) is 3. The fourth-order valence-corrected chi connectivity index (χ4v) is 3.48. The first-order valence-electron chi connectivity index (χ1n) is 9.64. The van der Waals surface area contributed by atoms with E-state index in [0.717, 1.165) is 5.69 Å². The van der Waals surface area contributed by atoms with Crippen LogP contribution in [-0.2, 0) is 19.1 Å². The third-order valence-electron chi connectivity index (χ3n) is 4.80. The lowest BCUT2D eigenvalue weighted by Gasteiger charge is -2.31. The van der Waals surface area contributed by atoms with Gasteiger partial charge in [0.2, 0.25) is 0 Å². The van der Waals surface area contributed by atoms with Crippen molar-refractivity contribution in [3.8, 4) is 5.75 Å². The van der Waals surface area contributed by atoms with Crippen molar-refractivity contribution in [2.24, 2.45) is 0 Å². The summed E-state index contributed by atoms with van der Waals surface area (Å²) in [5.74, 6) is -1.04. The Morgan fingerprint density at radius 1 is 1.00 bits per heavy atom. The second kappa shape index (κ2) is 9.49. The van der Waals surface area contributed by atoms with Gasteiger partial charge < -0.3 is 24.4 Å². The van der Waals surface area contributed by atoms with Gasteiger partial charge in [0.15, 0.2) is 0 Å². The Balaban J connectivity index is 2.74. The van der Waals surface area contributed by atoms with Crippen molar-refractivity contribution in [3.63, 3.8) is 0 Å². The summed E-state index contributed by atoms with van der Waals surface area (Å²) in [6, 6.07) is 5.69. The van der Waals surface area contributed by atoms with Crippen molar-refractivity contribution in [3.05, 3.63) is 46.3 Å². The number of rotatable bonds is 7. The first-order chi connectivity index (χ1) is 13.8. The van der Waals surface area contributed by atoms with Gasteiger partial charge in [0, 0.05) is 42.8 Å². The SMILES string of the molecule is CCOC(=O)C1=C(C)NC(C)=C(C(=O)OCC)C1c1ccc(N(C)C)cc1OC. The lowest BCUT2D eigenvalue weighted by atomic mass is 9.80. The summed E-state index contributed by atoms with van der Waals surface area (Å²) in [6.07, 6.45) is 0. The number of esters is 2. The zero-order valence-corrected chi connectivity index (χ0v) is 18.2. The third-order valence-corrected chi connectivity index (χ3v) is 4.80. The molecule has 29 heavy (non-hydrogen) atoms. The van der Waals surface area contributed by atoms with Crippen LogP contribution < -0.4 is 15.0 Å². The number of nitrogens with one attached hydrogen (secondary N) is 1. The highest BCUT2D eigenvalue weighted by atomic mass is 16.5. The summed E-state index contributed by atoms with van der Waals surface area (Å²) in [5.41, 5.74) is 3.66. The van der Waals surface area contributed by atoms with Gasteiger partial charge in [-0.3, -0.25) is 0 Å². The number of allylic oxidation sites excluding steroid dienone is 2. The maximum atomic E-state index is 12.9. The number of anilines is 1. The topological polar surface area (TPSA) is 77.1 Å². The third kappa shape index (κ3) is 4.55. The Morgan fingerprint density at radius 3 is 1.93 bits per heavy atom. The molecule has 0 spiro atoms. The highest BCUT2D eigenvalue weighted by Gasteiger charge is 2.39. The highest BCUT2D eigenvalue weighted by molar-refractivity contribution is 6.00. The second-order valence-electron chi connectivity index (χ2n) is 6.90. The van der Waals surface area contributed by atoms with Crippen molar-refractivity contribution in [1.29, 1.82) is 0 Å². The van der Waals surface area contributed by atoms with Crippen LogP contribution in [0, 0.1) is 0 Å². The summed E-state index contributed by atoms with van der Waals surface area (Å²) in [6.45, 7) is 7.56. The smallest absolute Gasteiger partial charge is 0.336 e. The molecule has 0 amide bonds. The molecule has 0 bridgehead atoms. The monoisotopic (exact) mass is 402 g/mol. The van der Waals surface area contributed by atoms with E-state index in [1.807, 2.05) is 37.2 Å². The minimum Gasteiger partial charge on any atom is -0.496 e. The molecule has 0 radical (unpaired) electrons. The van der Waals surface area contributed by atoms with Crippen LogP contribution in [0.3, 0.4) is 0 Å². The molecule has 158 valence electrons. The normalized spacial score (nSPS) is 14.4. The van der Waals surface area contributed by atoms with Crippen LogP contribution in [0.15, 0.2) is 40.7 Å². The maximum Gasteiger partial charge on any atom is 0.336 e. The fourth-order valence-electron chi connectivity index (χ4n) is 3.48. The van der Waals surface area contributed by atoms with Crippen molar-refractivity contribution < 1.29 is 23.8 Å². The van der Waals surface area contributed by atoms with Gasteiger partial charge in [-0.1, -0.05) is 6.07 Å². The van der Waals surface area contributed by atoms with Gasteiger partial charge in [0.1, 0.15) is 5.75 Å². The number of methoxy groups -OCH3 is 1. The molecule has 0 aromatic heterocycles. The Morgan fingerprint density at radius 2 is 1.52 bits per heavy atom. The number of carbonyl (C=O) groups is 2. The Hall–Kier alpha value is -2.96. The number of hydrogen-bond donors (Lipinski definition) is 1. The van der Waals surface area contributed by atoms with Crippen molar-refractivity contribution in [2.45, 2.75) is 33.6 Å². The van der Waals surface area contributed by atoms with Gasteiger partial charge in [-0.2, -0.15) is 0 Å². The summed E-state index contributed by atoms with van der Waals surface area (Å²) in [7, 11) is 5.43. The molecule has 1 aliphatic heterocycles. The highest BCUT2D eigenvalue weighted by Crippen LogP contribution is 2.43. The zero-order chi connectivity index (χ0) is 21.7. The van der Waals surface area contributed by atoms with Gasteiger partial charge in [0.25, 0.3) is 0 Å². The van der Waals surface area contributed by atoms with Crippen LogP contribution in [0.2, 0.25) is 0 Å². The molecule has 7 heteroatoms. The van der Waals surface area contributed by atoms with E-state index in [9.17, 15) is 9.59 Å². The van der Waals surface area contributed by atoms with Crippen molar-refractivity contribution in [2.75, 3.05) is 39.3 Å². The van der Waals surface area contributed by atoms with E-state index >= 15 is 0 Å². The summed E-state index contributed by atoms with van der Waals surface area (Å²) in [4.78, 5) is 27.7. The predicted octanol–water partition coefficient (Wildman–Crippen LogP) is 3.12. The molecule has 1 heterocycles. The van der Waals surface area contributed by atoms with Crippen LogP contribution >= 0.6 is 0 Å². The molecule has 0 atom stereocenters. The maximum absolute atomic E-state index is 12.9. The summed E-state index contributed by atoms with van der Waals surface area (Å²) < 4.78 is 16.2. The number of dihydropyridines is 1. The molecule has 0 aliphatic carbocycles. The average molecular weight is 402 g/mol. The molecule has 1 aromatic carbocycles. The lowest BCUT2D eigenvalue weighted by molar-refractivity contribution is -0.139. The van der Waals surface area contributed by atoms with Crippen LogP contribution in [-0.4, -0.2) is 46.4 Å². The largest absolute Gasteiger partial charge is 0.496 e. The lowest BCUT2D eigenvalue weighted by Crippen LogP contribution is -2.32. The molecule has 0 saturated heterocycles. The average Bonchev–Trinajstić information content (AvgIpc) is 2.66. The number of carbonyl (C=O) groups excluding carboxylic acids is 2. The minimum atomic E-state index is -0.666. The minimum absolute atomic E-state index is 0.233. The van der Waals surface area contributed by atoms with Gasteiger partial charge in [0.05, 0.1) is 37.4 Å². The Kier molecular flexibility index (Phi) is 7.31. The number of nitrogens with zero attached hydrogens (tertiary/aromatic N) is 1. The van der Waals surface area contributed by atoms with Gasteiger partial charge in [-0.15, -0.1) is 0 Å². The molecule has 1 N–H and O–H groups in total. The first kappa shape index (κ1) is 22.3. The second-order valence-corrected chi connectivity index (χ2v) is 6.90. The van der Waals surface area contributed by atoms with Crippen LogP contribution in [0.25, 0.3) is 0 Å². The quantitative estimate of drug-likeness (QED) is 0.702.